The van der Waals surface area contributed by atoms with Crippen LogP contribution in [0.4, 0.5) is 25.0 Å². The molecule has 0 radical (unpaired) electrons. The first-order valence-corrected chi connectivity index (χ1v) is 13.4. The Morgan fingerprint density at radius 2 is 1.95 bits per heavy atom. The Morgan fingerprint density at radius 3 is 2.57 bits per heavy atom. The summed E-state index contributed by atoms with van der Waals surface area (Å²) in [4.78, 5) is 25.2. The fraction of sp³-hybridized carbons (Fsp3) is 0.379. The van der Waals surface area contributed by atoms with Crippen LogP contribution in [0.3, 0.4) is 0 Å². The third-order valence-electron chi connectivity index (χ3n) is 7.26. The highest BCUT2D eigenvalue weighted by Gasteiger charge is 2.37. The van der Waals surface area contributed by atoms with Gasteiger partial charge in [0.2, 0.25) is 0 Å². The highest BCUT2D eigenvalue weighted by atomic mass is 19.1. The van der Waals surface area contributed by atoms with Crippen molar-refractivity contribution in [2.24, 2.45) is 10.7 Å². The molecule has 0 spiro atoms. The van der Waals surface area contributed by atoms with Gasteiger partial charge in [0.25, 0.3) is 0 Å². The molecule has 4 heterocycles. The Bertz CT molecular complexity index is 1520. The third-order valence-corrected chi connectivity index (χ3v) is 7.26. The molecular weight excluding hydrogens is 548 g/mol. The van der Waals surface area contributed by atoms with E-state index >= 15 is 8.78 Å². The normalized spacial score (nSPS) is 17.6. The van der Waals surface area contributed by atoms with Crippen LogP contribution >= 0.6 is 0 Å². The smallest absolute Gasteiger partial charge is 0.329 e. The average molecular weight is 582 g/mol. The predicted octanol–water partition coefficient (Wildman–Crippen LogP) is 4.29. The van der Waals surface area contributed by atoms with Crippen molar-refractivity contribution in [3.63, 3.8) is 0 Å². The van der Waals surface area contributed by atoms with E-state index in [1.807, 2.05) is 6.20 Å². The summed E-state index contributed by atoms with van der Waals surface area (Å²) in [5.74, 6) is -2.57. The van der Waals surface area contributed by atoms with Crippen LogP contribution in [0, 0.1) is 11.6 Å². The number of amides is 2. The fourth-order valence-corrected chi connectivity index (χ4v) is 5.18. The molecule has 0 aliphatic carbocycles. The zero-order chi connectivity index (χ0) is 30.0. The summed E-state index contributed by atoms with van der Waals surface area (Å²) in [6.45, 7) is 2.97. The molecule has 5 rings (SSSR count). The molecule has 222 valence electrons. The Balaban J connectivity index is 1.59. The number of halogens is 2. The minimum absolute atomic E-state index is 0.0736. The van der Waals surface area contributed by atoms with Crippen LogP contribution in [0.15, 0.2) is 41.4 Å². The monoisotopic (exact) mass is 581 g/mol. The molecule has 2 aliphatic rings. The zero-order valence-corrected chi connectivity index (χ0v) is 23.9. The zero-order valence-electron chi connectivity index (χ0n) is 23.9. The standard InChI is InChI=1S/C29H33F2N7O4/c1-17(32)21(12-33-2)22-8-23-19(11-34-22)15-38(28-26(30)24(40-3)9-25(41-4)27(28)31)29(39)37(23)14-18-10-35-36(13-18)16-20-6-5-7-42-20/h8-13,20H,5-7,14-16,32H2,1-4H3. The van der Waals surface area contributed by atoms with Crippen LogP contribution < -0.4 is 25.0 Å². The SMILES string of the molecule is CN=CC(=C(C)N)c1cc2c(cn1)CN(c1c(F)c(OC)cc(OC)c1F)C(=O)N2Cc1cnn(CC2CCCO2)c1. The highest BCUT2D eigenvalue weighted by molar-refractivity contribution is 6.11. The number of rotatable bonds is 9. The first-order chi connectivity index (χ1) is 20.2. The van der Waals surface area contributed by atoms with Gasteiger partial charge in [-0.1, -0.05) is 0 Å². The predicted molar refractivity (Wildman–Crippen MR) is 154 cm³/mol. The van der Waals surface area contributed by atoms with Gasteiger partial charge in [0, 0.05) is 60.7 Å². The number of urea groups is 1. The molecule has 11 nitrogen and oxygen atoms in total. The van der Waals surface area contributed by atoms with Gasteiger partial charge in [-0.15, -0.1) is 0 Å². The molecule has 1 saturated heterocycles. The summed E-state index contributed by atoms with van der Waals surface area (Å²) in [6, 6.07) is 2.18. The molecule has 3 aromatic rings. The van der Waals surface area contributed by atoms with Gasteiger partial charge in [-0.2, -0.15) is 5.10 Å². The molecule has 13 heteroatoms. The van der Waals surface area contributed by atoms with E-state index in [4.69, 9.17) is 19.9 Å². The summed E-state index contributed by atoms with van der Waals surface area (Å²) in [7, 11) is 4.13. The number of ether oxygens (including phenoxy) is 3. The molecule has 2 aromatic heterocycles. The van der Waals surface area contributed by atoms with Crippen LogP contribution in [0.5, 0.6) is 11.5 Å². The lowest BCUT2D eigenvalue weighted by molar-refractivity contribution is 0.0940. The Kier molecular flexibility index (Phi) is 8.39. The second kappa shape index (κ2) is 12.1. The number of hydrogen-bond acceptors (Lipinski definition) is 8. The lowest BCUT2D eigenvalue weighted by Gasteiger charge is -2.37. The maximum absolute atomic E-state index is 15.6. The number of aliphatic imine (C=N–C) groups is 1. The van der Waals surface area contributed by atoms with E-state index in [9.17, 15) is 4.79 Å². The Hall–Kier alpha value is -4.52. The molecule has 1 atom stereocenters. The average Bonchev–Trinajstić information content (AvgIpc) is 3.66. The topological polar surface area (TPSA) is 120 Å². The lowest BCUT2D eigenvalue weighted by atomic mass is 10.0. The van der Waals surface area contributed by atoms with Gasteiger partial charge in [-0.3, -0.25) is 24.5 Å². The Morgan fingerprint density at radius 1 is 1.21 bits per heavy atom. The van der Waals surface area contributed by atoms with Gasteiger partial charge < -0.3 is 19.9 Å². The molecule has 42 heavy (non-hydrogen) atoms. The van der Waals surface area contributed by atoms with E-state index in [-0.39, 0.29) is 30.7 Å². The highest BCUT2D eigenvalue weighted by Crippen LogP contribution is 2.41. The molecular formula is C29H33F2N7O4. The molecule has 0 saturated carbocycles. The van der Waals surface area contributed by atoms with Crippen molar-refractivity contribution in [3.05, 3.63) is 64.9 Å². The first-order valence-electron chi connectivity index (χ1n) is 13.4. The van der Waals surface area contributed by atoms with Gasteiger partial charge >= 0.3 is 6.03 Å². The summed E-state index contributed by atoms with van der Waals surface area (Å²) >= 11 is 0. The number of pyridine rings is 1. The van der Waals surface area contributed by atoms with Gasteiger partial charge in [0.1, 0.15) is 5.69 Å². The molecule has 1 aromatic carbocycles. The lowest BCUT2D eigenvalue weighted by Crippen LogP contribution is -2.47. The Labute approximate surface area is 242 Å². The summed E-state index contributed by atoms with van der Waals surface area (Å²) in [5.41, 5.74) is 8.91. The van der Waals surface area contributed by atoms with E-state index in [1.54, 1.807) is 43.3 Å². The van der Waals surface area contributed by atoms with Crippen molar-refractivity contribution < 1.29 is 27.8 Å². The summed E-state index contributed by atoms with van der Waals surface area (Å²) < 4.78 is 48.9. The first kappa shape index (κ1) is 29.0. The minimum atomic E-state index is -1.02. The van der Waals surface area contributed by atoms with Crippen molar-refractivity contribution >= 4 is 29.2 Å². The quantitative estimate of drug-likeness (QED) is 0.375. The fourth-order valence-electron chi connectivity index (χ4n) is 5.18. The van der Waals surface area contributed by atoms with E-state index in [0.717, 1.165) is 36.0 Å². The number of fused-ring (bicyclic) bond motifs is 1. The third kappa shape index (κ3) is 5.51. The molecule has 0 bridgehead atoms. The van der Waals surface area contributed by atoms with Crippen molar-refractivity contribution in [2.75, 3.05) is 37.7 Å². The van der Waals surface area contributed by atoms with E-state index < -0.39 is 23.4 Å². The van der Waals surface area contributed by atoms with Crippen LogP contribution in [0.1, 0.15) is 36.6 Å². The number of methoxy groups -OCH3 is 2. The number of nitrogens with two attached hydrogens (primary N) is 1. The van der Waals surface area contributed by atoms with Crippen LogP contribution in [0.25, 0.3) is 5.57 Å². The van der Waals surface area contributed by atoms with Gasteiger partial charge in [-0.25, -0.2) is 13.6 Å². The van der Waals surface area contributed by atoms with E-state index in [1.165, 1.54) is 19.1 Å². The number of carbonyl (C=O) groups excluding carboxylic acids is 1. The number of aromatic nitrogens is 3. The maximum atomic E-state index is 15.6. The number of nitrogens with zero attached hydrogens (tertiary/aromatic N) is 6. The molecule has 1 fully saturated rings. The van der Waals surface area contributed by atoms with Gasteiger partial charge in [0.05, 0.1) is 57.5 Å². The van der Waals surface area contributed by atoms with Crippen molar-refractivity contribution in [1.29, 1.82) is 0 Å². The molecule has 2 aliphatic heterocycles. The maximum Gasteiger partial charge on any atom is 0.329 e. The largest absolute Gasteiger partial charge is 0.493 e. The number of allylic oxidation sites excluding steroid dienone is 2. The van der Waals surface area contributed by atoms with Crippen LogP contribution in [-0.2, 0) is 24.4 Å². The van der Waals surface area contributed by atoms with Crippen molar-refractivity contribution in [3.8, 4) is 11.5 Å². The summed E-state index contributed by atoms with van der Waals surface area (Å²) in [6.07, 6.45) is 8.70. The van der Waals surface area contributed by atoms with Crippen LogP contribution in [-0.4, -0.2) is 61.0 Å². The van der Waals surface area contributed by atoms with E-state index in [0.29, 0.717) is 34.8 Å². The molecule has 1 unspecified atom stereocenters. The minimum Gasteiger partial charge on any atom is -0.493 e. The number of benzene rings is 1. The second-order valence-corrected chi connectivity index (χ2v) is 10.1. The molecule has 2 amide bonds. The second-order valence-electron chi connectivity index (χ2n) is 10.1. The van der Waals surface area contributed by atoms with E-state index in [2.05, 4.69) is 15.1 Å². The summed E-state index contributed by atoms with van der Waals surface area (Å²) in [5, 5.41) is 4.45. The van der Waals surface area contributed by atoms with Gasteiger partial charge in [0.15, 0.2) is 23.1 Å². The van der Waals surface area contributed by atoms with Crippen LogP contribution in [0.2, 0.25) is 0 Å². The molecule has 2 N–H and O–H groups in total. The van der Waals surface area contributed by atoms with Crippen molar-refractivity contribution in [1.82, 2.24) is 14.8 Å². The number of carbonyl (C=O) groups is 1. The van der Waals surface area contributed by atoms with Gasteiger partial charge in [-0.05, 0) is 25.8 Å². The number of hydrogen-bond donors (Lipinski definition) is 1. The van der Waals surface area contributed by atoms with Crippen molar-refractivity contribution in [2.45, 2.75) is 45.5 Å². The number of anilines is 2.